The number of pyridine rings is 1. The molecule has 2 atom stereocenters. The number of carbonyl (C=O) groups excluding carboxylic acids is 1. The number of para-hydroxylation sites is 2. The van der Waals surface area contributed by atoms with Gasteiger partial charge in [-0.05, 0) is 50.1 Å². The number of likely N-dealkylation sites (tertiary alicyclic amines) is 1. The van der Waals surface area contributed by atoms with Gasteiger partial charge < -0.3 is 14.7 Å². The van der Waals surface area contributed by atoms with Crippen LogP contribution in [0.3, 0.4) is 0 Å². The Hall–Kier alpha value is -5.90. The van der Waals surface area contributed by atoms with Crippen LogP contribution in [0.5, 0.6) is 5.88 Å². The Morgan fingerprint density at radius 3 is 2.05 bits per heavy atom. The first-order chi connectivity index (χ1) is 20.9. The number of ether oxygens (including phenoxy) is 1. The van der Waals surface area contributed by atoms with Crippen molar-refractivity contribution in [3.8, 4) is 23.3 Å². The molecule has 2 aromatic carbocycles. The lowest BCUT2D eigenvalue weighted by Gasteiger charge is -2.38. The van der Waals surface area contributed by atoms with Gasteiger partial charge in [0.2, 0.25) is 5.88 Å². The van der Waals surface area contributed by atoms with Crippen LogP contribution in [0, 0.1) is 11.3 Å². The highest BCUT2D eigenvalue weighted by molar-refractivity contribution is 5.98. The van der Waals surface area contributed by atoms with Crippen LogP contribution in [0.1, 0.15) is 46.0 Å². The maximum absolute atomic E-state index is 13.4. The van der Waals surface area contributed by atoms with E-state index in [1.165, 1.54) is 28.1 Å². The van der Waals surface area contributed by atoms with Gasteiger partial charge in [0.15, 0.2) is 0 Å². The standard InChI is InChI=1S/C21H20N6O2.C9H7N3O2/c1-15-6-7-17(29-20-12-16(13-22)8-9-23-20)14-26(15)21(28)18-4-2-3-5-19(18)27-24-10-11-25-27;13-9(14)7-3-1-2-4-8(7)12-10-5-6-11-12/h2-5,8-12,15,17H,6-7,14H2,1H3;1-6H,(H,13,14)/t15-,17-;/m1./s1. The number of benzene rings is 2. The van der Waals surface area contributed by atoms with E-state index in [2.05, 4.69) is 31.4 Å². The van der Waals surface area contributed by atoms with Gasteiger partial charge in [-0.15, -0.1) is 0 Å². The maximum atomic E-state index is 13.4. The number of carbonyl (C=O) groups is 2. The molecule has 13 nitrogen and oxygen atoms in total. The van der Waals surface area contributed by atoms with Gasteiger partial charge in [-0.1, -0.05) is 24.3 Å². The third kappa shape index (κ3) is 6.71. The van der Waals surface area contributed by atoms with Gasteiger partial charge in [0, 0.05) is 18.3 Å². The molecule has 3 aromatic heterocycles. The van der Waals surface area contributed by atoms with Crippen molar-refractivity contribution in [2.45, 2.75) is 31.9 Å². The van der Waals surface area contributed by atoms with E-state index in [0.29, 0.717) is 34.9 Å². The van der Waals surface area contributed by atoms with Crippen molar-refractivity contribution in [3.63, 3.8) is 0 Å². The van der Waals surface area contributed by atoms with Crippen LogP contribution in [0.25, 0.3) is 11.4 Å². The van der Waals surface area contributed by atoms with Crippen molar-refractivity contribution in [1.29, 1.82) is 5.26 Å². The Balaban J connectivity index is 0.000000220. The molecule has 0 aliphatic carbocycles. The second kappa shape index (κ2) is 13.2. The van der Waals surface area contributed by atoms with E-state index in [9.17, 15) is 9.59 Å². The third-order valence-corrected chi connectivity index (χ3v) is 6.79. The van der Waals surface area contributed by atoms with E-state index in [1.54, 1.807) is 55.0 Å². The highest BCUT2D eigenvalue weighted by Crippen LogP contribution is 2.25. The van der Waals surface area contributed by atoms with Gasteiger partial charge in [0.1, 0.15) is 11.8 Å². The molecule has 4 heterocycles. The van der Waals surface area contributed by atoms with Gasteiger partial charge >= 0.3 is 5.97 Å². The molecule has 1 aliphatic rings. The smallest absolute Gasteiger partial charge is 0.337 e. The molecule has 0 bridgehead atoms. The molecule has 1 saturated heterocycles. The minimum absolute atomic E-state index is 0.0828. The van der Waals surface area contributed by atoms with Crippen LogP contribution in [-0.2, 0) is 0 Å². The molecule has 6 rings (SSSR count). The Labute approximate surface area is 246 Å². The SMILES string of the molecule is C[C@@H]1CC[C@@H](Oc2cc(C#N)ccn2)CN1C(=O)c1ccccc1-n1nccn1.O=C(O)c1ccccc1-n1nccn1. The van der Waals surface area contributed by atoms with Crippen LogP contribution in [0.4, 0.5) is 0 Å². The van der Waals surface area contributed by atoms with Crippen molar-refractivity contribution >= 4 is 11.9 Å². The van der Waals surface area contributed by atoms with Crippen LogP contribution >= 0.6 is 0 Å². The summed E-state index contributed by atoms with van der Waals surface area (Å²) in [4.78, 5) is 33.0. The molecule has 1 fully saturated rings. The molecule has 5 aromatic rings. The molecule has 1 aliphatic heterocycles. The van der Waals surface area contributed by atoms with Gasteiger partial charge in [0.25, 0.3) is 5.91 Å². The number of nitrogens with zero attached hydrogens (tertiary/aromatic N) is 9. The van der Waals surface area contributed by atoms with Crippen molar-refractivity contribution < 1.29 is 19.4 Å². The first kappa shape index (κ1) is 28.6. The topological polar surface area (TPSA) is 165 Å². The molecule has 13 heteroatoms. The fourth-order valence-electron chi connectivity index (χ4n) is 4.66. The molecule has 1 N–H and O–H groups in total. The van der Waals surface area contributed by atoms with Crippen LogP contribution < -0.4 is 4.74 Å². The zero-order valence-corrected chi connectivity index (χ0v) is 23.1. The number of aromatic carboxylic acids is 1. The Bertz CT molecular complexity index is 1730. The van der Waals surface area contributed by atoms with E-state index in [4.69, 9.17) is 15.1 Å². The molecule has 0 unspecified atom stereocenters. The predicted octanol–water partition coefficient (Wildman–Crippen LogP) is 3.57. The summed E-state index contributed by atoms with van der Waals surface area (Å²) in [6, 6.07) is 19.3. The van der Waals surface area contributed by atoms with E-state index in [1.807, 2.05) is 30.0 Å². The van der Waals surface area contributed by atoms with Crippen LogP contribution in [0.2, 0.25) is 0 Å². The number of rotatable bonds is 6. The Kier molecular flexibility index (Phi) is 8.77. The van der Waals surface area contributed by atoms with Crippen molar-refractivity contribution in [2.75, 3.05) is 6.54 Å². The van der Waals surface area contributed by atoms with Crippen molar-refractivity contribution in [1.82, 2.24) is 39.9 Å². The van der Waals surface area contributed by atoms with E-state index >= 15 is 0 Å². The first-order valence-corrected chi connectivity index (χ1v) is 13.4. The highest BCUT2D eigenvalue weighted by Gasteiger charge is 2.32. The van der Waals surface area contributed by atoms with Crippen LogP contribution in [0.15, 0.2) is 91.6 Å². The third-order valence-electron chi connectivity index (χ3n) is 6.79. The summed E-state index contributed by atoms with van der Waals surface area (Å²) in [7, 11) is 0. The fourth-order valence-corrected chi connectivity index (χ4v) is 4.66. The summed E-state index contributed by atoms with van der Waals surface area (Å²) in [5, 5.41) is 34.0. The summed E-state index contributed by atoms with van der Waals surface area (Å²) in [6.07, 6.45) is 9.15. The zero-order chi connectivity index (χ0) is 30.2. The Morgan fingerprint density at radius 1 is 0.860 bits per heavy atom. The average molecular weight is 578 g/mol. The molecule has 43 heavy (non-hydrogen) atoms. The second-order valence-corrected chi connectivity index (χ2v) is 9.59. The zero-order valence-electron chi connectivity index (χ0n) is 23.1. The lowest BCUT2D eigenvalue weighted by Crippen LogP contribution is -2.49. The lowest BCUT2D eigenvalue weighted by atomic mass is 9.99. The molecule has 0 saturated carbocycles. The number of piperidine rings is 1. The number of amides is 1. The van der Waals surface area contributed by atoms with Gasteiger partial charge in [0.05, 0.1) is 59.8 Å². The highest BCUT2D eigenvalue weighted by atomic mass is 16.5. The van der Waals surface area contributed by atoms with Crippen molar-refractivity contribution in [2.24, 2.45) is 0 Å². The molecular weight excluding hydrogens is 550 g/mol. The number of hydrogen-bond donors (Lipinski definition) is 1. The maximum Gasteiger partial charge on any atom is 0.337 e. The van der Waals surface area contributed by atoms with E-state index < -0.39 is 5.97 Å². The fraction of sp³-hybridized carbons (Fsp3) is 0.200. The summed E-state index contributed by atoms with van der Waals surface area (Å²) in [5.74, 6) is -0.674. The molecule has 0 spiro atoms. The normalized spacial score (nSPS) is 16.0. The molecular formula is C30H27N9O4. The predicted molar refractivity (Wildman–Crippen MR) is 153 cm³/mol. The molecule has 216 valence electrons. The average Bonchev–Trinajstić information content (AvgIpc) is 3.78. The molecule has 1 amide bonds. The van der Waals surface area contributed by atoms with E-state index in [-0.39, 0.29) is 23.6 Å². The minimum atomic E-state index is -0.988. The monoisotopic (exact) mass is 577 g/mol. The summed E-state index contributed by atoms with van der Waals surface area (Å²) >= 11 is 0. The summed E-state index contributed by atoms with van der Waals surface area (Å²) < 4.78 is 5.98. The number of aromatic nitrogens is 7. The number of carboxylic acid groups (broad SMARTS) is 1. The molecule has 0 radical (unpaired) electrons. The number of hydrogen-bond acceptors (Lipinski definition) is 9. The Morgan fingerprint density at radius 2 is 1.44 bits per heavy atom. The number of nitriles is 1. The van der Waals surface area contributed by atoms with Gasteiger partial charge in [-0.25, -0.2) is 9.78 Å². The van der Waals surface area contributed by atoms with Crippen LogP contribution in [-0.4, -0.2) is 75.5 Å². The van der Waals surface area contributed by atoms with Crippen molar-refractivity contribution in [3.05, 3.63) is 108 Å². The summed E-state index contributed by atoms with van der Waals surface area (Å²) in [5.41, 5.74) is 2.32. The van der Waals surface area contributed by atoms with E-state index in [0.717, 1.165) is 12.8 Å². The van der Waals surface area contributed by atoms with Gasteiger partial charge in [-0.3, -0.25) is 4.79 Å². The largest absolute Gasteiger partial charge is 0.478 e. The van der Waals surface area contributed by atoms with Gasteiger partial charge in [-0.2, -0.15) is 35.2 Å². The first-order valence-electron chi connectivity index (χ1n) is 13.4. The second-order valence-electron chi connectivity index (χ2n) is 9.59. The number of carboxylic acids is 1. The summed E-state index contributed by atoms with van der Waals surface area (Å²) in [6.45, 7) is 2.48. The quantitative estimate of drug-likeness (QED) is 0.315. The lowest BCUT2D eigenvalue weighted by molar-refractivity contribution is 0.0372. The minimum Gasteiger partial charge on any atom is -0.478 e.